The quantitative estimate of drug-likeness (QED) is 0.594. The third-order valence-electron chi connectivity index (χ3n) is 3.00. The van der Waals surface area contributed by atoms with Gasteiger partial charge < -0.3 is 9.84 Å². The SMILES string of the molecule is CCCCOC(=O)CCC(C)c1ccc(O)cc1. The summed E-state index contributed by atoms with van der Waals surface area (Å²) >= 11 is 0. The number of hydrogen-bond acceptors (Lipinski definition) is 3. The van der Waals surface area contributed by atoms with Gasteiger partial charge in [0.25, 0.3) is 0 Å². The molecular formula is C15H22O3. The molecule has 0 bridgehead atoms. The third kappa shape index (κ3) is 5.21. The number of rotatable bonds is 7. The Hall–Kier alpha value is -1.51. The van der Waals surface area contributed by atoms with Gasteiger partial charge in [0.2, 0.25) is 0 Å². The highest BCUT2D eigenvalue weighted by Gasteiger charge is 2.09. The molecule has 1 N–H and O–H groups in total. The molecule has 0 aliphatic carbocycles. The fourth-order valence-electron chi connectivity index (χ4n) is 1.71. The van der Waals surface area contributed by atoms with Crippen LogP contribution in [0.5, 0.6) is 5.75 Å². The minimum Gasteiger partial charge on any atom is -0.508 e. The van der Waals surface area contributed by atoms with Crippen LogP contribution < -0.4 is 0 Å². The Morgan fingerprint density at radius 1 is 1.33 bits per heavy atom. The summed E-state index contributed by atoms with van der Waals surface area (Å²) in [5, 5.41) is 9.20. The number of hydrogen-bond donors (Lipinski definition) is 1. The van der Waals surface area contributed by atoms with Gasteiger partial charge in [-0.25, -0.2) is 0 Å². The van der Waals surface area contributed by atoms with Gasteiger partial charge in [-0.05, 0) is 36.5 Å². The summed E-state index contributed by atoms with van der Waals surface area (Å²) in [6.07, 6.45) is 3.19. The van der Waals surface area contributed by atoms with Crippen LogP contribution in [0.3, 0.4) is 0 Å². The van der Waals surface area contributed by atoms with Crippen LogP contribution in [0.15, 0.2) is 24.3 Å². The lowest BCUT2D eigenvalue weighted by Gasteiger charge is -2.11. The largest absolute Gasteiger partial charge is 0.508 e. The molecule has 0 saturated heterocycles. The normalized spacial score (nSPS) is 12.1. The molecular weight excluding hydrogens is 228 g/mol. The molecule has 1 aromatic carbocycles. The Morgan fingerprint density at radius 2 is 2.00 bits per heavy atom. The van der Waals surface area contributed by atoms with Gasteiger partial charge >= 0.3 is 5.97 Å². The average molecular weight is 250 g/mol. The predicted octanol–water partition coefficient (Wildman–Crippen LogP) is 3.62. The van der Waals surface area contributed by atoms with E-state index in [0.29, 0.717) is 18.9 Å². The Labute approximate surface area is 109 Å². The molecule has 1 atom stereocenters. The topological polar surface area (TPSA) is 46.5 Å². The van der Waals surface area contributed by atoms with Gasteiger partial charge in [0.1, 0.15) is 5.75 Å². The monoisotopic (exact) mass is 250 g/mol. The maximum Gasteiger partial charge on any atom is 0.305 e. The molecule has 0 spiro atoms. The van der Waals surface area contributed by atoms with Crippen molar-refractivity contribution in [1.82, 2.24) is 0 Å². The van der Waals surface area contributed by atoms with Gasteiger partial charge in [0, 0.05) is 6.42 Å². The molecule has 1 unspecified atom stereocenters. The van der Waals surface area contributed by atoms with Crippen molar-refractivity contribution in [3.05, 3.63) is 29.8 Å². The zero-order chi connectivity index (χ0) is 13.4. The maximum atomic E-state index is 11.4. The van der Waals surface area contributed by atoms with Crippen LogP contribution in [-0.4, -0.2) is 17.7 Å². The van der Waals surface area contributed by atoms with Gasteiger partial charge in [-0.1, -0.05) is 32.4 Å². The molecule has 3 nitrogen and oxygen atoms in total. The molecule has 0 radical (unpaired) electrons. The summed E-state index contributed by atoms with van der Waals surface area (Å²) in [7, 11) is 0. The van der Waals surface area contributed by atoms with E-state index in [2.05, 4.69) is 13.8 Å². The first kappa shape index (κ1) is 14.6. The number of phenols is 1. The van der Waals surface area contributed by atoms with Gasteiger partial charge in [-0.3, -0.25) is 4.79 Å². The van der Waals surface area contributed by atoms with Crippen LogP contribution in [0.2, 0.25) is 0 Å². The molecule has 0 aliphatic rings. The number of benzene rings is 1. The number of ether oxygens (including phenoxy) is 1. The minimum atomic E-state index is -0.117. The highest BCUT2D eigenvalue weighted by atomic mass is 16.5. The van der Waals surface area contributed by atoms with E-state index in [-0.39, 0.29) is 11.7 Å². The molecule has 0 amide bonds. The molecule has 18 heavy (non-hydrogen) atoms. The van der Waals surface area contributed by atoms with E-state index in [1.807, 2.05) is 12.1 Å². The standard InChI is InChI=1S/C15H22O3/c1-3-4-11-18-15(17)10-5-12(2)13-6-8-14(16)9-7-13/h6-9,12,16H,3-5,10-11H2,1-2H3. The number of aromatic hydroxyl groups is 1. The molecule has 3 heteroatoms. The Kier molecular flexibility index (Phi) is 6.26. The van der Waals surface area contributed by atoms with E-state index in [4.69, 9.17) is 4.74 Å². The molecule has 0 fully saturated rings. The van der Waals surface area contributed by atoms with Crippen molar-refractivity contribution in [2.45, 2.75) is 45.4 Å². The van der Waals surface area contributed by atoms with E-state index in [0.717, 1.165) is 24.8 Å². The smallest absolute Gasteiger partial charge is 0.305 e. The number of unbranched alkanes of at least 4 members (excludes halogenated alkanes) is 1. The summed E-state index contributed by atoms with van der Waals surface area (Å²) < 4.78 is 5.11. The molecule has 0 heterocycles. The van der Waals surface area contributed by atoms with E-state index < -0.39 is 0 Å². The van der Waals surface area contributed by atoms with Crippen molar-refractivity contribution in [2.24, 2.45) is 0 Å². The van der Waals surface area contributed by atoms with E-state index in [1.54, 1.807) is 12.1 Å². The zero-order valence-electron chi connectivity index (χ0n) is 11.2. The van der Waals surface area contributed by atoms with E-state index in [9.17, 15) is 9.90 Å². The van der Waals surface area contributed by atoms with Crippen LogP contribution in [-0.2, 0) is 9.53 Å². The molecule has 1 rings (SSSR count). The van der Waals surface area contributed by atoms with Gasteiger partial charge in [-0.15, -0.1) is 0 Å². The lowest BCUT2D eigenvalue weighted by Crippen LogP contribution is -2.07. The number of carbonyl (C=O) groups is 1. The van der Waals surface area contributed by atoms with Crippen LogP contribution in [0.4, 0.5) is 0 Å². The zero-order valence-corrected chi connectivity index (χ0v) is 11.2. The lowest BCUT2D eigenvalue weighted by atomic mass is 9.96. The highest BCUT2D eigenvalue weighted by Crippen LogP contribution is 2.22. The van der Waals surface area contributed by atoms with Crippen molar-refractivity contribution in [3.8, 4) is 5.75 Å². The van der Waals surface area contributed by atoms with Gasteiger partial charge in [0.05, 0.1) is 6.61 Å². The van der Waals surface area contributed by atoms with E-state index >= 15 is 0 Å². The van der Waals surface area contributed by atoms with Crippen LogP contribution in [0.1, 0.15) is 51.0 Å². The number of phenolic OH excluding ortho intramolecular Hbond substituents is 1. The van der Waals surface area contributed by atoms with Crippen LogP contribution >= 0.6 is 0 Å². The molecule has 100 valence electrons. The Balaban J connectivity index is 2.30. The van der Waals surface area contributed by atoms with Crippen molar-refractivity contribution in [2.75, 3.05) is 6.61 Å². The second kappa shape index (κ2) is 7.75. The number of carbonyl (C=O) groups excluding carboxylic acids is 1. The second-order valence-corrected chi connectivity index (χ2v) is 4.61. The van der Waals surface area contributed by atoms with Gasteiger partial charge in [-0.2, -0.15) is 0 Å². The predicted molar refractivity (Wildman–Crippen MR) is 71.6 cm³/mol. The van der Waals surface area contributed by atoms with Crippen molar-refractivity contribution in [3.63, 3.8) is 0 Å². The lowest BCUT2D eigenvalue weighted by molar-refractivity contribution is -0.143. The first-order valence-corrected chi connectivity index (χ1v) is 6.58. The summed E-state index contributed by atoms with van der Waals surface area (Å²) in [6.45, 7) is 4.68. The first-order valence-electron chi connectivity index (χ1n) is 6.58. The Bertz CT molecular complexity index is 357. The van der Waals surface area contributed by atoms with Crippen molar-refractivity contribution < 1.29 is 14.6 Å². The van der Waals surface area contributed by atoms with Gasteiger partial charge in [0.15, 0.2) is 0 Å². The van der Waals surface area contributed by atoms with Crippen LogP contribution in [0, 0.1) is 0 Å². The maximum absolute atomic E-state index is 11.4. The first-order chi connectivity index (χ1) is 8.63. The summed E-state index contributed by atoms with van der Waals surface area (Å²) in [4.78, 5) is 11.4. The molecule has 0 aliphatic heterocycles. The minimum absolute atomic E-state index is 0.117. The van der Waals surface area contributed by atoms with Crippen LogP contribution in [0.25, 0.3) is 0 Å². The van der Waals surface area contributed by atoms with E-state index in [1.165, 1.54) is 0 Å². The van der Waals surface area contributed by atoms with Crippen molar-refractivity contribution in [1.29, 1.82) is 0 Å². The number of esters is 1. The average Bonchev–Trinajstić information content (AvgIpc) is 2.37. The third-order valence-corrected chi connectivity index (χ3v) is 3.00. The second-order valence-electron chi connectivity index (χ2n) is 4.61. The molecule has 1 aromatic rings. The Morgan fingerprint density at radius 3 is 2.61 bits per heavy atom. The summed E-state index contributed by atoms with van der Waals surface area (Å²) in [5.74, 6) is 0.448. The van der Waals surface area contributed by atoms with Crippen molar-refractivity contribution >= 4 is 5.97 Å². The molecule has 0 saturated carbocycles. The fourth-order valence-corrected chi connectivity index (χ4v) is 1.71. The summed E-state index contributed by atoms with van der Waals surface area (Å²) in [5.41, 5.74) is 1.13. The molecule has 0 aromatic heterocycles. The fraction of sp³-hybridized carbons (Fsp3) is 0.533. The highest BCUT2D eigenvalue weighted by molar-refractivity contribution is 5.69. The summed E-state index contributed by atoms with van der Waals surface area (Å²) in [6, 6.07) is 7.13.